The maximum Gasteiger partial charge on any atom is 0.323 e. The summed E-state index contributed by atoms with van der Waals surface area (Å²) in [5, 5.41) is 8.41. The van der Waals surface area contributed by atoms with Crippen LogP contribution in [0.25, 0.3) is 11.5 Å². The van der Waals surface area contributed by atoms with Crippen molar-refractivity contribution in [3.8, 4) is 11.5 Å². The van der Waals surface area contributed by atoms with E-state index in [0.29, 0.717) is 23.7 Å². The molecule has 0 aliphatic carbocycles. The van der Waals surface area contributed by atoms with E-state index >= 15 is 0 Å². The Labute approximate surface area is 224 Å². The molecule has 38 heavy (non-hydrogen) atoms. The second-order valence-corrected chi connectivity index (χ2v) is 9.55. The van der Waals surface area contributed by atoms with E-state index in [4.69, 9.17) is 16.7 Å². The summed E-state index contributed by atoms with van der Waals surface area (Å²) in [4.78, 5) is 15.8. The Morgan fingerprint density at radius 3 is 2.47 bits per heavy atom. The highest BCUT2D eigenvalue weighted by atomic mass is 35.5. The number of anilines is 1. The number of urea groups is 1. The quantitative estimate of drug-likeness (QED) is 0.271. The number of rotatable bonds is 4. The molecule has 0 saturated heterocycles. The molecule has 0 spiro atoms. The fourth-order valence-electron chi connectivity index (χ4n) is 5.09. The molecule has 1 aliphatic heterocycles. The highest BCUT2D eigenvalue weighted by molar-refractivity contribution is 6.33. The van der Waals surface area contributed by atoms with Gasteiger partial charge >= 0.3 is 6.03 Å². The number of aromatic nitrogens is 3. The van der Waals surface area contributed by atoms with Gasteiger partial charge < -0.3 is 14.8 Å². The van der Waals surface area contributed by atoms with Gasteiger partial charge in [-0.25, -0.2) is 13.9 Å². The third-order valence-electron chi connectivity index (χ3n) is 6.87. The largest absolute Gasteiger partial charge is 0.323 e. The van der Waals surface area contributed by atoms with Crippen molar-refractivity contribution in [3.63, 3.8) is 0 Å². The lowest BCUT2D eigenvalue weighted by molar-refractivity contribution is 0.194. The highest BCUT2D eigenvalue weighted by Crippen LogP contribution is 2.39. The van der Waals surface area contributed by atoms with Crippen LogP contribution in [0.15, 0.2) is 97.2 Å². The van der Waals surface area contributed by atoms with Crippen molar-refractivity contribution < 1.29 is 9.18 Å². The first kappa shape index (κ1) is 24.0. The lowest BCUT2D eigenvalue weighted by atomic mass is 10.0. The first-order chi connectivity index (χ1) is 18.5. The van der Waals surface area contributed by atoms with Crippen LogP contribution in [0.1, 0.15) is 35.5 Å². The van der Waals surface area contributed by atoms with Crippen molar-refractivity contribution in [1.82, 2.24) is 19.2 Å². The fourth-order valence-corrected chi connectivity index (χ4v) is 5.28. The molecule has 5 aromatic rings. The summed E-state index contributed by atoms with van der Waals surface area (Å²) in [5.74, 6) is 0.550. The molecule has 3 aromatic carbocycles. The van der Waals surface area contributed by atoms with Crippen LogP contribution in [0.4, 0.5) is 14.9 Å². The fraction of sp³-hybridized carbons (Fsp3) is 0.133. The lowest BCUT2D eigenvalue weighted by Crippen LogP contribution is -2.38. The summed E-state index contributed by atoms with van der Waals surface area (Å²) in [7, 11) is 0. The predicted molar refractivity (Wildman–Crippen MR) is 147 cm³/mol. The van der Waals surface area contributed by atoms with Gasteiger partial charge in [0.25, 0.3) is 0 Å². The van der Waals surface area contributed by atoms with Crippen LogP contribution in [-0.2, 0) is 13.0 Å². The summed E-state index contributed by atoms with van der Waals surface area (Å²) >= 11 is 6.38. The Morgan fingerprint density at radius 1 is 1.00 bits per heavy atom. The summed E-state index contributed by atoms with van der Waals surface area (Å²) in [6.45, 7) is 2.36. The zero-order valence-corrected chi connectivity index (χ0v) is 21.4. The molecule has 1 N–H and O–H groups in total. The van der Waals surface area contributed by atoms with Crippen molar-refractivity contribution >= 4 is 23.3 Å². The van der Waals surface area contributed by atoms with Crippen molar-refractivity contribution in [2.24, 2.45) is 0 Å². The van der Waals surface area contributed by atoms with Crippen LogP contribution in [0, 0.1) is 5.82 Å². The monoisotopic (exact) mass is 525 g/mol. The SMILES string of the molecule is CCc1nn(-c2ccccc2)c2c1CN(C(=O)Nc1ccccc1Cl)[C@@H](c1ccc(F)cc1)c1cccn1-2. The molecular weight excluding hydrogens is 501 g/mol. The number of benzene rings is 3. The number of amides is 2. The third kappa shape index (κ3) is 4.15. The Balaban J connectivity index is 1.56. The maximum atomic E-state index is 14.0. The summed E-state index contributed by atoms with van der Waals surface area (Å²) in [6, 6.07) is 26.5. The number of nitrogens with one attached hydrogen (secondary N) is 1. The number of para-hydroxylation sites is 2. The number of halogens is 2. The summed E-state index contributed by atoms with van der Waals surface area (Å²) in [6.07, 6.45) is 2.68. The van der Waals surface area contributed by atoms with Gasteiger partial charge in [-0.3, -0.25) is 0 Å². The van der Waals surface area contributed by atoms with E-state index in [-0.39, 0.29) is 11.8 Å². The summed E-state index contributed by atoms with van der Waals surface area (Å²) < 4.78 is 18.0. The molecule has 0 unspecified atom stereocenters. The Bertz CT molecular complexity index is 1610. The van der Waals surface area contributed by atoms with Gasteiger partial charge in [-0.15, -0.1) is 0 Å². The van der Waals surface area contributed by atoms with Crippen LogP contribution in [0.5, 0.6) is 0 Å². The second kappa shape index (κ2) is 9.84. The van der Waals surface area contributed by atoms with E-state index in [1.165, 1.54) is 12.1 Å². The van der Waals surface area contributed by atoms with Gasteiger partial charge in [-0.2, -0.15) is 5.10 Å². The molecule has 6 rings (SSSR count). The van der Waals surface area contributed by atoms with Crippen LogP contribution in [0.3, 0.4) is 0 Å². The average Bonchev–Trinajstić information content (AvgIpc) is 3.52. The molecule has 2 amide bonds. The van der Waals surface area contributed by atoms with Crippen LogP contribution in [-0.4, -0.2) is 25.3 Å². The zero-order valence-electron chi connectivity index (χ0n) is 20.7. The molecule has 3 heterocycles. The van der Waals surface area contributed by atoms with Gasteiger partial charge in [0.15, 0.2) is 0 Å². The first-order valence-corrected chi connectivity index (χ1v) is 12.8. The number of hydrogen-bond acceptors (Lipinski definition) is 2. The Kier molecular flexibility index (Phi) is 6.21. The molecule has 6 nitrogen and oxygen atoms in total. The van der Waals surface area contributed by atoms with Gasteiger partial charge in [0.2, 0.25) is 0 Å². The van der Waals surface area contributed by atoms with Gasteiger partial charge in [0, 0.05) is 11.8 Å². The molecule has 8 heteroatoms. The normalized spacial score (nSPS) is 14.5. The number of hydrogen-bond donors (Lipinski definition) is 1. The minimum absolute atomic E-state index is 0.297. The predicted octanol–water partition coefficient (Wildman–Crippen LogP) is 7.16. The number of nitrogens with zero attached hydrogens (tertiary/aromatic N) is 4. The number of carbonyl (C=O) groups is 1. The van der Waals surface area contributed by atoms with Crippen molar-refractivity contribution in [2.75, 3.05) is 5.32 Å². The first-order valence-electron chi connectivity index (χ1n) is 12.5. The Hall–Kier alpha value is -4.36. The van der Waals surface area contributed by atoms with E-state index in [9.17, 15) is 9.18 Å². The van der Waals surface area contributed by atoms with Crippen molar-refractivity contribution in [3.05, 3.63) is 131 Å². The average molecular weight is 526 g/mol. The molecular formula is C30H25ClFN5O. The molecule has 0 radical (unpaired) electrons. The van der Waals surface area contributed by atoms with Crippen molar-refractivity contribution in [1.29, 1.82) is 0 Å². The number of aryl methyl sites for hydroxylation is 1. The third-order valence-corrected chi connectivity index (χ3v) is 7.20. The molecule has 0 bridgehead atoms. The minimum atomic E-state index is -0.491. The van der Waals surface area contributed by atoms with Gasteiger partial charge in [0.1, 0.15) is 11.6 Å². The lowest BCUT2D eigenvalue weighted by Gasteiger charge is -2.31. The maximum absolute atomic E-state index is 14.0. The van der Waals surface area contributed by atoms with E-state index in [0.717, 1.165) is 34.0 Å². The van der Waals surface area contributed by atoms with Crippen molar-refractivity contribution in [2.45, 2.75) is 25.9 Å². The molecule has 1 atom stereocenters. The topological polar surface area (TPSA) is 55.1 Å². The smallest absolute Gasteiger partial charge is 0.307 e. The number of carbonyl (C=O) groups excluding carboxylic acids is 1. The van der Waals surface area contributed by atoms with E-state index < -0.39 is 6.04 Å². The highest BCUT2D eigenvalue weighted by Gasteiger charge is 2.36. The Morgan fingerprint density at radius 2 is 1.74 bits per heavy atom. The standard InChI is InChI=1S/C30H25ClFN5O/c1-2-25-23-19-36(30(38)33-26-12-7-6-11-24(26)31)28(20-14-16-21(32)17-15-20)27-13-8-18-35(27)29(23)37(34-25)22-9-4-3-5-10-22/h3-18,28H,2,19H2,1H3,(H,33,38)/t28-/m0/s1. The molecule has 2 aromatic heterocycles. The second-order valence-electron chi connectivity index (χ2n) is 9.14. The molecule has 0 fully saturated rings. The van der Waals surface area contributed by atoms with Crippen LogP contribution in [0.2, 0.25) is 5.02 Å². The van der Waals surface area contributed by atoms with Crippen LogP contribution < -0.4 is 5.32 Å². The minimum Gasteiger partial charge on any atom is -0.307 e. The van der Waals surface area contributed by atoms with E-state index in [1.807, 2.05) is 65.5 Å². The number of fused-ring (bicyclic) bond motifs is 3. The zero-order chi connectivity index (χ0) is 26.2. The van der Waals surface area contributed by atoms with Gasteiger partial charge in [-0.05, 0) is 60.5 Å². The van der Waals surface area contributed by atoms with Gasteiger partial charge in [0.05, 0.1) is 40.4 Å². The molecule has 190 valence electrons. The van der Waals surface area contributed by atoms with E-state index in [2.05, 4.69) is 16.8 Å². The summed E-state index contributed by atoms with van der Waals surface area (Å²) in [5.41, 5.74) is 4.96. The van der Waals surface area contributed by atoms with Crippen LogP contribution >= 0.6 is 11.6 Å². The van der Waals surface area contributed by atoms with E-state index in [1.54, 1.807) is 29.2 Å². The molecule has 0 saturated carbocycles. The van der Waals surface area contributed by atoms with Gasteiger partial charge in [-0.1, -0.05) is 61.0 Å². The molecule has 1 aliphatic rings.